The summed E-state index contributed by atoms with van der Waals surface area (Å²) < 4.78 is 20.9. The molecule has 0 aliphatic rings. The van der Waals surface area contributed by atoms with Gasteiger partial charge in [-0.25, -0.2) is 9.37 Å². The van der Waals surface area contributed by atoms with Gasteiger partial charge in [0.25, 0.3) is 0 Å². The Labute approximate surface area is 124 Å². The first-order valence-corrected chi connectivity index (χ1v) is 7.17. The Morgan fingerprint density at radius 1 is 1.38 bits per heavy atom. The summed E-state index contributed by atoms with van der Waals surface area (Å²) in [4.78, 5) is 6.49. The maximum absolute atomic E-state index is 13.9. The molecule has 0 atom stereocenters. The molecule has 5 nitrogen and oxygen atoms in total. The second-order valence-electron chi connectivity index (χ2n) is 4.87. The molecular weight excluding hydrogens is 273 g/mol. The van der Waals surface area contributed by atoms with Crippen LogP contribution >= 0.6 is 0 Å². The van der Waals surface area contributed by atoms with Gasteiger partial charge in [0.1, 0.15) is 11.3 Å². The Morgan fingerprint density at radius 2 is 2.19 bits per heavy atom. The maximum Gasteiger partial charge on any atom is 0.151 e. The van der Waals surface area contributed by atoms with Crippen LogP contribution in [0.25, 0.3) is 11.0 Å². The minimum absolute atomic E-state index is 0.0738. The molecule has 0 amide bonds. The number of fused-ring (bicyclic) bond motifs is 1. The molecule has 116 valence electrons. The molecule has 1 aromatic heterocycles. The Hall–Kier alpha value is -1.50. The van der Waals surface area contributed by atoms with E-state index < -0.39 is 0 Å². The van der Waals surface area contributed by atoms with E-state index in [0.717, 1.165) is 17.9 Å². The fourth-order valence-corrected chi connectivity index (χ4v) is 2.47. The third kappa shape index (κ3) is 3.58. The van der Waals surface area contributed by atoms with Gasteiger partial charge in [-0.15, -0.1) is 0 Å². The van der Waals surface area contributed by atoms with E-state index in [1.165, 1.54) is 6.07 Å². The fraction of sp³-hybridized carbons (Fsp3) is 0.533. The van der Waals surface area contributed by atoms with Crippen LogP contribution in [0, 0.1) is 5.82 Å². The highest BCUT2D eigenvalue weighted by Gasteiger charge is 2.15. The van der Waals surface area contributed by atoms with Crippen LogP contribution in [-0.2, 0) is 17.8 Å². The van der Waals surface area contributed by atoms with E-state index in [1.807, 2.05) is 17.6 Å². The quantitative estimate of drug-likeness (QED) is 0.804. The number of aromatic nitrogens is 2. The third-order valence-electron chi connectivity index (χ3n) is 3.52. The van der Waals surface area contributed by atoms with E-state index in [4.69, 9.17) is 9.84 Å². The minimum atomic E-state index is -0.299. The van der Waals surface area contributed by atoms with Crippen molar-refractivity contribution in [1.82, 2.24) is 14.5 Å². The molecular formula is C15H22FN3O2. The van der Waals surface area contributed by atoms with E-state index >= 15 is 0 Å². The van der Waals surface area contributed by atoms with E-state index in [2.05, 4.69) is 9.88 Å². The first kappa shape index (κ1) is 15.9. The summed E-state index contributed by atoms with van der Waals surface area (Å²) >= 11 is 0. The molecule has 0 unspecified atom stereocenters. The molecule has 2 aromatic rings. The number of rotatable bonds is 8. The molecule has 6 heteroatoms. The molecule has 0 radical (unpaired) electrons. The number of benzene rings is 1. The molecule has 21 heavy (non-hydrogen) atoms. The predicted octanol–water partition coefficient (Wildman–Crippen LogP) is 1.64. The van der Waals surface area contributed by atoms with Crippen molar-refractivity contribution in [3.05, 3.63) is 29.8 Å². The molecule has 0 fully saturated rings. The fourth-order valence-electron chi connectivity index (χ4n) is 2.47. The van der Waals surface area contributed by atoms with Gasteiger partial charge in [0.2, 0.25) is 0 Å². The first-order chi connectivity index (χ1) is 10.2. The molecule has 0 saturated carbocycles. The van der Waals surface area contributed by atoms with E-state index in [0.29, 0.717) is 31.8 Å². The number of imidazole rings is 1. The maximum atomic E-state index is 13.9. The van der Waals surface area contributed by atoms with Crippen LogP contribution in [0.4, 0.5) is 4.39 Å². The number of aliphatic hydroxyl groups excluding tert-OH is 1. The summed E-state index contributed by atoms with van der Waals surface area (Å²) in [5.74, 6) is 0.508. The summed E-state index contributed by atoms with van der Waals surface area (Å²) in [6, 6.07) is 5.01. The monoisotopic (exact) mass is 295 g/mol. The lowest BCUT2D eigenvalue weighted by Crippen LogP contribution is -2.31. The molecule has 2 rings (SSSR count). The lowest BCUT2D eigenvalue weighted by molar-refractivity contribution is 0.124. The Balaban J connectivity index is 2.29. The normalized spacial score (nSPS) is 11.7. The van der Waals surface area contributed by atoms with Crippen molar-refractivity contribution < 1.29 is 14.2 Å². The van der Waals surface area contributed by atoms with Gasteiger partial charge in [0, 0.05) is 26.7 Å². The molecule has 1 heterocycles. The van der Waals surface area contributed by atoms with E-state index in [1.54, 1.807) is 13.2 Å². The number of halogens is 1. The average molecular weight is 295 g/mol. The number of ether oxygens (including phenoxy) is 1. The minimum Gasteiger partial charge on any atom is -0.395 e. The van der Waals surface area contributed by atoms with Gasteiger partial charge in [0.15, 0.2) is 5.82 Å². The molecule has 0 spiro atoms. The zero-order valence-electron chi connectivity index (χ0n) is 12.5. The topological polar surface area (TPSA) is 50.5 Å². The van der Waals surface area contributed by atoms with Crippen LogP contribution in [0.5, 0.6) is 0 Å². The van der Waals surface area contributed by atoms with Crippen molar-refractivity contribution >= 4 is 11.0 Å². The van der Waals surface area contributed by atoms with Gasteiger partial charge in [-0.05, 0) is 19.1 Å². The lowest BCUT2D eigenvalue weighted by Gasteiger charge is -2.20. The largest absolute Gasteiger partial charge is 0.395 e. The number of aryl methyl sites for hydroxylation is 1. The van der Waals surface area contributed by atoms with Crippen LogP contribution in [0.15, 0.2) is 18.2 Å². The number of aliphatic hydroxyl groups is 1. The Morgan fingerprint density at radius 3 is 2.86 bits per heavy atom. The number of methoxy groups -OCH3 is 1. The summed E-state index contributed by atoms with van der Waals surface area (Å²) in [6.45, 7) is 5.20. The van der Waals surface area contributed by atoms with Gasteiger partial charge in [-0.1, -0.05) is 6.07 Å². The average Bonchev–Trinajstić information content (AvgIpc) is 2.83. The SMILES string of the molecule is CCn1c(CN(CCO)CCOC)nc2c(F)cccc21. The van der Waals surface area contributed by atoms with Gasteiger partial charge in [0.05, 0.1) is 25.3 Å². The highest BCUT2D eigenvalue weighted by Crippen LogP contribution is 2.20. The van der Waals surface area contributed by atoms with Crippen LogP contribution in [0.1, 0.15) is 12.7 Å². The van der Waals surface area contributed by atoms with Gasteiger partial charge >= 0.3 is 0 Å². The Bertz CT molecular complexity index is 586. The number of nitrogens with zero attached hydrogens (tertiary/aromatic N) is 3. The number of hydrogen-bond acceptors (Lipinski definition) is 4. The highest BCUT2D eigenvalue weighted by atomic mass is 19.1. The molecule has 0 aliphatic carbocycles. The van der Waals surface area contributed by atoms with Crippen LogP contribution in [0.2, 0.25) is 0 Å². The summed E-state index contributed by atoms with van der Waals surface area (Å²) in [6.07, 6.45) is 0. The predicted molar refractivity (Wildman–Crippen MR) is 79.6 cm³/mol. The number of hydrogen-bond donors (Lipinski definition) is 1. The van der Waals surface area contributed by atoms with Crippen LogP contribution < -0.4 is 0 Å². The smallest absolute Gasteiger partial charge is 0.151 e. The standard InChI is InChI=1S/C15H22FN3O2/c1-3-19-13-6-4-5-12(16)15(13)17-14(19)11-18(7-9-20)8-10-21-2/h4-6,20H,3,7-11H2,1-2H3. The summed E-state index contributed by atoms with van der Waals surface area (Å²) in [7, 11) is 1.65. The highest BCUT2D eigenvalue weighted by molar-refractivity contribution is 5.76. The van der Waals surface area contributed by atoms with Crippen molar-refractivity contribution in [3.8, 4) is 0 Å². The van der Waals surface area contributed by atoms with Gasteiger partial charge < -0.3 is 14.4 Å². The number of para-hydroxylation sites is 1. The molecule has 0 bridgehead atoms. The van der Waals surface area contributed by atoms with Gasteiger partial charge in [-0.2, -0.15) is 0 Å². The third-order valence-corrected chi connectivity index (χ3v) is 3.52. The molecule has 0 saturated heterocycles. The second-order valence-corrected chi connectivity index (χ2v) is 4.87. The Kier molecular flexibility index (Phi) is 5.67. The van der Waals surface area contributed by atoms with Gasteiger partial charge in [-0.3, -0.25) is 4.90 Å². The van der Waals surface area contributed by atoms with Crippen molar-refractivity contribution in [2.45, 2.75) is 20.0 Å². The van der Waals surface area contributed by atoms with Crippen LogP contribution in [-0.4, -0.2) is 53.0 Å². The van der Waals surface area contributed by atoms with Crippen LogP contribution in [0.3, 0.4) is 0 Å². The zero-order valence-corrected chi connectivity index (χ0v) is 12.5. The molecule has 1 N–H and O–H groups in total. The van der Waals surface area contributed by atoms with E-state index in [9.17, 15) is 4.39 Å². The lowest BCUT2D eigenvalue weighted by atomic mass is 10.3. The molecule has 1 aromatic carbocycles. The van der Waals surface area contributed by atoms with Crippen molar-refractivity contribution in [2.75, 3.05) is 33.4 Å². The van der Waals surface area contributed by atoms with Crippen molar-refractivity contribution in [1.29, 1.82) is 0 Å². The molecule has 0 aliphatic heterocycles. The summed E-state index contributed by atoms with van der Waals surface area (Å²) in [5.41, 5.74) is 1.22. The van der Waals surface area contributed by atoms with Crippen molar-refractivity contribution in [3.63, 3.8) is 0 Å². The second kappa shape index (κ2) is 7.49. The van der Waals surface area contributed by atoms with E-state index in [-0.39, 0.29) is 12.4 Å². The first-order valence-electron chi connectivity index (χ1n) is 7.17. The summed E-state index contributed by atoms with van der Waals surface area (Å²) in [5, 5.41) is 9.15. The zero-order chi connectivity index (χ0) is 15.2. The van der Waals surface area contributed by atoms with Crippen molar-refractivity contribution in [2.24, 2.45) is 0 Å².